The van der Waals surface area contributed by atoms with E-state index < -0.39 is 6.43 Å². The Bertz CT molecular complexity index is 392. The molecule has 0 atom stereocenters. The molecule has 1 aromatic heterocycles. The van der Waals surface area contributed by atoms with E-state index in [1.54, 1.807) is 18.3 Å². The zero-order valence-corrected chi connectivity index (χ0v) is 6.22. The lowest BCUT2D eigenvalue weighted by Crippen LogP contribution is -1.81. The Labute approximate surface area is 68.0 Å². The predicted octanol–water partition coefficient (Wildman–Crippen LogP) is 3.11. The molecule has 1 heterocycles. The molecule has 0 amide bonds. The number of rotatable bonds is 1. The second-order valence-corrected chi connectivity index (χ2v) is 2.63. The van der Waals surface area contributed by atoms with E-state index in [1.165, 1.54) is 12.1 Å². The van der Waals surface area contributed by atoms with Crippen LogP contribution < -0.4 is 0 Å². The van der Waals surface area contributed by atoms with Crippen molar-refractivity contribution < 1.29 is 8.78 Å². The molecule has 3 heteroatoms. The minimum absolute atomic E-state index is 0.0714. The van der Waals surface area contributed by atoms with Gasteiger partial charge in [-0.3, -0.25) is 0 Å². The highest BCUT2D eigenvalue weighted by Gasteiger charge is 2.06. The van der Waals surface area contributed by atoms with Crippen LogP contribution in [0.5, 0.6) is 0 Å². The Hall–Kier alpha value is -1.38. The van der Waals surface area contributed by atoms with E-state index in [1.807, 2.05) is 0 Å². The van der Waals surface area contributed by atoms with Gasteiger partial charge in [0.05, 0.1) is 0 Å². The van der Waals surface area contributed by atoms with E-state index in [0.29, 0.717) is 0 Å². The van der Waals surface area contributed by atoms with Crippen molar-refractivity contribution >= 4 is 10.9 Å². The monoisotopic (exact) mass is 167 g/mol. The average Bonchev–Trinajstić information content (AvgIpc) is 2.49. The van der Waals surface area contributed by atoms with Gasteiger partial charge in [0.15, 0.2) is 0 Å². The SMILES string of the molecule is FC(F)c1ccc2[nH]ccc2c1. The molecule has 1 N–H and O–H groups in total. The van der Waals surface area contributed by atoms with Crippen molar-refractivity contribution in [1.82, 2.24) is 4.98 Å². The van der Waals surface area contributed by atoms with Gasteiger partial charge in [-0.15, -0.1) is 0 Å². The fraction of sp³-hybridized carbons (Fsp3) is 0.111. The number of hydrogen-bond donors (Lipinski definition) is 1. The Balaban J connectivity index is 2.60. The lowest BCUT2D eigenvalue weighted by atomic mass is 10.2. The van der Waals surface area contributed by atoms with Crippen LogP contribution in [0.1, 0.15) is 12.0 Å². The van der Waals surface area contributed by atoms with Gasteiger partial charge in [-0.2, -0.15) is 0 Å². The Morgan fingerprint density at radius 1 is 1.17 bits per heavy atom. The van der Waals surface area contributed by atoms with Gasteiger partial charge in [-0.05, 0) is 23.6 Å². The summed E-state index contributed by atoms with van der Waals surface area (Å²) >= 11 is 0. The van der Waals surface area contributed by atoms with E-state index in [0.717, 1.165) is 10.9 Å². The Morgan fingerprint density at radius 3 is 2.75 bits per heavy atom. The molecule has 1 aromatic carbocycles. The van der Waals surface area contributed by atoms with E-state index in [2.05, 4.69) is 4.98 Å². The molecular weight excluding hydrogens is 160 g/mol. The third kappa shape index (κ3) is 1.07. The molecule has 0 bridgehead atoms. The molecule has 0 saturated carbocycles. The van der Waals surface area contributed by atoms with Crippen molar-refractivity contribution in [2.24, 2.45) is 0 Å². The lowest BCUT2D eigenvalue weighted by Gasteiger charge is -1.97. The molecule has 2 rings (SSSR count). The van der Waals surface area contributed by atoms with Crippen LogP contribution in [0.2, 0.25) is 0 Å². The highest BCUT2D eigenvalue weighted by molar-refractivity contribution is 5.79. The number of fused-ring (bicyclic) bond motifs is 1. The highest BCUT2D eigenvalue weighted by Crippen LogP contribution is 2.22. The van der Waals surface area contributed by atoms with Crippen LogP contribution in [0, 0.1) is 0 Å². The molecule has 62 valence electrons. The number of nitrogens with one attached hydrogen (secondary N) is 1. The number of aromatic amines is 1. The first kappa shape index (κ1) is 7.28. The maximum atomic E-state index is 12.2. The molecule has 0 radical (unpaired) electrons. The molecule has 1 nitrogen and oxygen atoms in total. The van der Waals surface area contributed by atoms with Crippen LogP contribution >= 0.6 is 0 Å². The minimum atomic E-state index is -2.38. The molecule has 0 saturated heterocycles. The molecule has 0 aliphatic rings. The van der Waals surface area contributed by atoms with Gasteiger partial charge in [0.1, 0.15) is 0 Å². The van der Waals surface area contributed by atoms with Gasteiger partial charge < -0.3 is 4.98 Å². The smallest absolute Gasteiger partial charge is 0.263 e. The summed E-state index contributed by atoms with van der Waals surface area (Å²) in [7, 11) is 0. The van der Waals surface area contributed by atoms with E-state index in [9.17, 15) is 8.78 Å². The number of H-pyrrole nitrogens is 1. The first-order valence-electron chi connectivity index (χ1n) is 3.62. The normalized spacial score (nSPS) is 11.2. The molecule has 0 aliphatic heterocycles. The summed E-state index contributed by atoms with van der Waals surface area (Å²) in [6.07, 6.45) is -0.649. The second kappa shape index (κ2) is 2.59. The number of alkyl halides is 2. The number of hydrogen-bond acceptors (Lipinski definition) is 0. The fourth-order valence-corrected chi connectivity index (χ4v) is 1.21. The maximum Gasteiger partial charge on any atom is 0.263 e. The predicted molar refractivity (Wildman–Crippen MR) is 43.3 cm³/mol. The Kier molecular flexibility index (Phi) is 1.57. The van der Waals surface area contributed by atoms with Crippen molar-refractivity contribution in [2.75, 3.05) is 0 Å². The van der Waals surface area contributed by atoms with Crippen LogP contribution in [-0.2, 0) is 0 Å². The standard InChI is InChI=1S/C9H7F2N/c10-9(11)7-1-2-8-6(5-7)3-4-12-8/h1-5,9,12H. The van der Waals surface area contributed by atoms with Crippen LogP contribution in [0.3, 0.4) is 0 Å². The van der Waals surface area contributed by atoms with Crippen LogP contribution in [0.25, 0.3) is 10.9 Å². The van der Waals surface area contributed by atoms with Crippen molar-refractivity contribution in [3.05, 3.63) is 36.0 Å². The van der Waals surface area contributed by atoms with E-state index in [4.69, 9.17) is 0 Å². The summed E-state index contributed by atoms with van der Waals surface area (Å²) in [6, 6.07) is 6.37. The summed E-state index contributed by atoms with van der Waals surface area (Å²) in [5, 5.41) is 0.827. The van der Waals surface area contributed by atoms with Crippen molar-refractivity contribution in [3.8, 4) is 0 Å². The number of aromatic nitrogens is 1. The van der Waals surface area contributed by atoms with Crippen molar-refractivity contribution in [1.29, 1.82) is 0 Å². The van der Waals surface area contributed by atoms with Gasteiger partial charge in [0.25, 0.3) is 6.43 Å². The number of halogens is 2. The summed E-state index contributed by atoms with van der Waals surface area (Å²) in [5.74, 6) is 0. The molecule has 12 heavy (non-hydrogen) atoms. The summed E-state index contributed by atoms with van der Waals surface area (Å²) in [4.78, 5) is 2.94. The Morgan fingerprint density at radius 2 is 2.00 bits per heavy atom. The fourth-order valence-electron chi connectivity index (χ4n) is 1.21. The zero-order chi connectivity index (χ0) is 8.55. The van der Waals surface area contributed by atoms with Crippen molar-refractivity contribution in [2.45, 2.75) is 6.43 Å². The third-order valence-electron chi connectivity index (χ3n) is 1.83. The van der Waals surface area contributed by atoms with E-state index >= 15 is 0 Å². The van der Waals surface area contributed by atoms with Gasteiger partial charge in [-0.25, -0.2) is 8.78 Å². The summed E-state index contributed by atoms with van der Waals surface area (Å²) in [6.45, 7) is 0. The van der Waals surface area contributed by atoms with Crippen LogP contribution in [0.15, 0.2) is 30.5 Å². The maximum absolute atomic E-state index is 12.2. The second-order valence-electron chi connectivity index (χ2n) is 2.63. The van der Waals surface area contributed by atoms with Gasteiger partial charge >= 0.3 is 0 Å². The molecule has 2 aromatic rings. The minimum Gasteiger partial charge on any atom is -0.361 e. The first-order valence-corrected chi connectivity index (χ1v) is 3.62. The molecule has 0 unspecified atom stereocenters. The molecule has 0 fully saturated rings. The first-order chi connectivity index (χ1) is 5.77. The topological polar surface area (TPSA) is 15.8 Å². The highest BCUT2D eigenvalue weighted by atomic mass is 19.3. The number of benzene rings is 1. The molecular formula is C9H7F2N. The zero-order valence-electron chi connectivity index (χ0n) is 6.22. The molecule has 0 aliphatic carbocycles. The van der Waals surface area contributed by atoms with Gasteiger partial charge in [0.2, 0.25) is 0 Å². The van der Waals surface area contributed by atoms with Crippen molar-refractivity contribution in [3.63, 3.8) is 0 Å². The third-order valence-corrected chi connectivity index (χ3v) is 1.83. The summed E-state index contributed by atoms with van der Waals surface area (Å²) in [5.41, 5.74) is 0.960. The lowest BCUT2D eigenvalue weighted by molar-refractivity contribution is 0.151. The van der Waals surface area contributed by atoms with Gasteiger partial charge in [-0.1, -0.05) is 6.07 Å². The largest absolute Gasteiger partial charge is 0.361 e. The van der Waals surface area contributed by atoms with E-state index in [-0.39, 0.29) is 5.56 Å². The summed E-state index contributed by atoms with van der Waals surface area (Å²) < 4.78 is 24.4. The molecule has 0 spiro atoms. The quantitative estimate of drug-likeness (QED) is 0.671. The van der Waals surface area contributed by atoms with Crippen LogP contribution in [0.4, 0.5) is 8.78 Å². The average molecular weight is 167 g/mol. The van der Waals surface area contributed by atoms with Crippen LogP contribution in [-0.4, -0.2) is 4.98 Å². The van der Waals surface area contributed by atoms with Gasteiger partial charge in [0, 0.05) is 17.3 Å².